The molecule has 0 aliphatic heterocycles. The van der Waals surface area contributed by atoms with E-state index in [2.05, 4.69) is 32.1 Å². The van der Waals surface area contributed by atoms with E-state index < -0.39 is 23.9 Å². The van der Waals surface area contributed by atoms with Gasteiger partial charge < -0.3 is 25.2 Å². The summed E-state index contributed by atoms with van der Waals surface area (Å²) in [7, 11) is 0. The van der Waals surface area contributed by atoms with Crippen molar-refractivity contribution in [1.29, 1.82) is 0 Å². The zero-order chi connectivity index (χ0) is 25.8. The first kappa shape index (κ1) is 28.6. The smallest absolute Gasteiger partial charge is 0.113 e. The number of aliphatic hydroxyl groups excluding tert-OH is 3. The van der Waals surface area contributed by atoms with E-state index in [9.17, 15) is 15.3 Å². The van der Waals surface area contributed by atoms with Crippen LogP contribution in [0.2, 0.25) is 0 Å². The first-order valence-corrected chi connectivity index (χ1v) is 13.9. The third-order valence-corrected chi connectivity index (χ3v) is 9.17. The Morgan fingerprint density at radius 3 is 2.63 bits per heavy atom. The molecule has 1 saturated carbocycles. The van der Waals surface area contributed by atoms with E-state index in [-0.39, 0.29) is 6.61 Å². The summed E-state index contributed by atoms with van der Waals surface area (Å²) >= 11 is 0. The molecule has 1 fully saturated rings. The molecule has 0 aromatic rings. The van der Waals surface area contributed by atoms with Crippen LogP contribution in [0.25, 0.3) is 0 Å². The van der Waals surface area contributed by atoms with Gasteiger partial charge in [0.05, 0.1) is 11.7 Å². The normalized spacial score (nSPS) is 34.9. The molecule has 35 heavy (non-hydrogen) atoms. The molecule has 7 atom stereocenters. The highest BCUT2D eigenvalue weighted by molar-refractivity contribution is 5.38. The van der Waals surface area contributed by atoms with Crippen LogP contribution in [0.1, 0.15) is 92.4 Å². The molecule has 3 aliphatic rings. The fourth-order valence-electron chi connectivity index (χ4n) is 7.07. The van der Waals surface area contributed by atoms with Crippen molar-refractivity contribution in [1.82, 2.24) is 0 Å². The molecule has 0 heterocycles. The van der Waals surface area contributed by atoms with Crippen LogP contribution < -0.4 is 0 Å². The lowest BCUT2D eigenvalue weighted by atomic mass is 9.62. The van der Waals surface area contributed by atoms with Gasteiger partial charge in [-0.25, -0.2) is 0 Å². The predicted molar refractivity (Wildman–Crippen MR) is 141 cm³/mol. The Labute approximate surface area is 213 Å². The van der Waals surface area contributed by atoms with Crippen LogP contribution in [-0.4, -0.2) is 57.6 Å². The number of allylic oxidation sites excluding steroid dienone is 4. The molecule has 0 amide bonds. The highest BCUT2D eigenvalue weighted by Crippen LogP contribution is 2.58. The SMILES string of the molecule is CC1=C(/C=C\C2=CCC[C@@]3(C)[C@@H]2CC[C@@H]3[C@H](C)CCCC(C)(C)O)C[C@@H](O)[C@@H](OCCCO)[C@H]1O. The van der Waals surface area contributed by atoms with Crippen molar-refractivity contribution in [2.45, 2.75) is 116 Å². The van der Waals surface area contributed by atoms with E-state index in [1.807, 2.05) is 20.8 Å². The van der Waals surface area contributed by atoms with Crippen LogP contribution >= 0.6 is 0 Å². The Morgan fingerprint density at radius 1 is 1.20 bits per heavy atom. The maximum Gasteiger partial charge on any atom is 0.113 e. The van der Waals surface area contributed by atoms with Gasteiger partial charge in [0.25, 0.3) is 0 Å². The molecular formula is C30H50O5. The minimum Gasteiger partial charge on any atom is -0.396 e. The Kier molecular flexibility index (Phi) is 9.84. The Bertz CT molecular complexity index is 791. The van der Waals surface area contributed by atoms with Crippen molar-refractivity contribution < 1.29 is 25.2 Å². The van der Waals surface area contributed by atoms with E-state index >= 15 is 0 Å². The van der Waals surface area contributed by atoms with Crippen molar-refractivity contribution in [2.75, 3.05) is 13.2 Å². The Morgan fingerprint density at radius 2 is 1.94 bits per heavy atom. The Balaban J connectivity index is 1.66. The molecule has 5 nitrogen and oxygen atoms in total. The van der Waals surface area contributed by atoms with E-state index in [1.165, 1.54) is 31.3 Å². The van der Waals surface area contributed by atoms with Gasteiger partial charge in [-0.1, -0.05) is 44.9 Å². The average Bonchev–Trinajstić information content (AvgIpc) is 3.14. The molecule has 0 saturated heterocycles. The number of aliphatic hydroxyl groups is 4. The van der Waals surface area contributed by atoms with E-state index in [1.54, 1.807) is 0 Å². The first-order chi connectivity index (χ1) is 16.5. The molecular weight excluding hydrogens is 440 g/mol. The van der Waals surface area contributed by atoms with Gasteiger partial charge in [-0.3, -0.25) is 0 Å². The lowest BCUT2D eigenvalue weighted by Crippen LogP contribution is -2.44. The summed E-state index contributed by atoms with van der Waals surface area (Å²) in [6.07, 6.45) is 13.4. The van der Waals surface area contributed by atoms with Gasteiger partial charge in [0.2, 0.25) is 0 Å². The second-order valence-electron chi connectivity index (χ2n) is 12.3. The van der Waals surface area contributed by atoms with E-state index in [4.69, 9.17) is 9.84 Å². The number of hydrogen-bond acceptors (Lipinski definition) is 5. The van der Waals surface area contributed by atoms with Crippen molar-refractivity contribution in [2.24, 2.45) is 23.2 Å². The summed E-state index contributed by atoms with van der Waals surface area (Å²) in [5.41, 5.74) is 3.00. The summed E-state index contributed by atoms with van der Waals surface area (Å²) in [6, 6.07) is 0. The summed E-state index contributed by atoms with van der Waals surface area (Å²) in [4.78, 5) is 0. The van der Waals surface area contributed by atoms with Gasteiger partial charge >= 0.3 is 0 Å². The molecule has 200 valence electrons. The standard InChI is InChI=1S/C30H50O5/c1-20(9-6-15-29(3,4)34)24-13-14-25-22(10-7-16-30(24,25)5)11-12-23-19-26(32)28(27(33)21(23)2)35-18-8-17-31/h10-12,20,24-28,31-34H,6-9,13-19H2,1-5H3/b12-11-/t20-,24-,25-,26-,27+,28-,30-/m1/s1. The van der Waals surface area contributed by atoms with E-state index in [0.717, 1.165) is 30.4 Å². The topological polar surface area (TPSA) is 90.2 Å². The van der Waals surface area contributed by atoms with Crippen LogP contribution in [0.3, 0.4) is 0 Å². The molecule has 0 aromatic carbocycles. The summed E-state index contributed by atoms with van der Waals surface area (Å²) in [6.45, 7) is 11.0. The second-order valence-corrected chi connectivity index (χ2v) is 12.3. The van der Waals surface area contributed by atoms with Gasteiger partial charge in [-0.05, 0) is 99.2 Å². The summed E-state index contributed by atoms with van der Waals surface area (Å²) in [5, 5.41) is 40.4. The number of hydrogen-bond donors (Lipinski definition) is 4. The van der Waals surface area contributed by atoms with E-state index in [0.29, 0.717) is 42.6 Å². The third-order valence-electron chi connectivity index (χ3n) is 9.17. The zero-order valence-electron chi connectivity index (χ0n) is 22.7. The molecule has 4 N–H and O–H groups in total. The number of rotatable bonds is 11. The average molecular weight is 491 g/mol. The zero-order valence-corrected chi connectivity index (χ0v) is 22.7. The van der Waals surface area contributed by atoms with Crippen molar-refractivity contribution in [3.8, 4) is 0 Å². The maximum absolute atomic E-state index is 10.8. The fourth-order valence-corrected chi connectivity index (χ4v) is 7.07. The molecule has 0 aromatic heterocycles. The summed E-state index contributed by atoms with van der Waals surface area (Å²) in [5.74, 6) is 1.93. The fraction of sp³-hybridized carbons (Fsp3) is 0.800. The Hall–Kier alpha value is -0.980. The molecule has 0 spiro atoms. The molecule has 0 unspecified atom stereocenters. The van der Waals surface area contributed by atoms with Crippen LogP contribution in [0.15, 0.2) is 34.9 Å². The second kappa shape index (κ2) is 12.0. The monoisotopic (exact) mass is 490 g/mol. The first-order valence-electron chi connectivity index (χ1n) is 13.9. The van der Waals surface area contributed by atoms with Crippen molar-refractivity contribution in [3.63, 3.8) is 0 Å². The van der Waals surface area contributed by atoms with Crippen molar-refractivity contribution >= 4 is 0 Å². The predicted octanol–water partition coefficient (Wildman–Crippen LogP) is 5.08. The van der Waals surface area contributed by atoms with Gasteiger partial charge in [-0.15, -0.1) is 0 Å². The number of fused-ring (bicyclic) bond motifs is 1. The van der Waals surface area contributed by atoms with Gasteiger partial charge in [0.15, 0.2) is 0 Å². The molecule has 0 radical (unpaired) electrons. The maximum atomic E-state index is 10.8. The number of ether oxygens (including phenoxy) is 1. The lowest BCUT2D eigenvalue weighted by molar-refractivity contribution is -0.0958. The molecule has 0 bridgehead atoms. The minimum absolute atomic E-state index is 0.0391. The van der Waals surface area contributed by atoms with Gasteiger partial charge in [-0.2, -0.15) is 0 Å². The highest BCUT2D eigenvalue weighted by atomic mass is 16.5. The van der Waals surface area contributed by atoms with Crippen LogP contribution in [0.5, 0.6) is 0 Å². The highest BCUT2D eigenvalue weighted by Gasteiger charge is 2.49. The van der Waals surface area contributed by atoms with Gasteiger partial charge in [0.1, 0.15) is 12.2 Å². The van der Waals surface area contributed by atoms with Crippen LogP contribution in [0.4, 0.5) is 0 Å². The van der Waals surface area contributed by atoms with Crippen LogP contribution in [0, 0.1) is 23.2 Å². The lowest BCUT2D eigenvalue weighted by Gasteiger charge is -2.43. The van der Waals surface area contributed by atoms with Gasteiger partial charge in [0, 0.05) is 19.6 Å². The summed E-state index contributed by atoms with van der Waals surface area (Å²) < 4.78 is 5.67. The van der Waals surface area contributed by atoms with Crippen molar-refractivity contribution in [3.05, 3.63) is 34.9 Å². The molecule has 3 aliphatic carbocycles. The minimum atomic E-state index is -0.830. The quantitative estimate of drug-likeness (QED) is 0.303. The molecule has 3 rings (SSSR count). The third kappa shape index (κ3) is 6.87. The van der Waals surface area contributed by atoms with Crippen LogP contribution in [-0.2, 0) is 4.74 Å². The largest absolute Gasteiger partial charge is 0.396 e. The molecule has 5 heteroatoms.